The molecule has 0 aromatic heterocycles. The summed E-state index contributed by atoms with van der Waals surface area (Å²) in [4.78, 5) is 161. The van der Waals surface area contributed by atoms with Gasteiger partial charge in [-0.25, -0.2) is 4.79 Å². The highest BCUT2D eigenvalue weighted by Gasteiger charge is 2.36. The lowest BCUT2D eigenvalue weighted by atomic mass is 10.0. The van der Waals surface area contributed by atoms with Crippen LogP contribution in [0.2, 0.25) is 0 Å². The molecular formula is C51H101N29O12. The predicted octanol–water partition coefficient (Wildman–Crippen LogP) is -11.6. The van der Waals surface area contributed by atoms with Crippen LogP contribution in [0.15, 0.2) is 30.0 Å². The summed E-state index contributed by atoms with van der Waals surface area (Å²) >= 11 is 0. The molecule has 0 aromatic rings. The molecule has 0 bridgehead atoms. The van der Waals surface area contributed by atoms with Crippen LogP contribution in [-0.2, 0) is 47.9 Å². The summed E-state index contributed by atoms with van der Waals surface area (Å²) in [5.41, 5.74) is 82.9. The number of hydrogen-bond donors (Lipinski definition) is 25. The Bertz CT molecular complexity index is 2540. The maximum absolute atomic E-state index is 14.6. The van der Waals surface area contributed by atoms with Crippen molar-refractivity contribution in [3.63, 3.8) is 0 Å². The lowest BCUT2D eigenvalue weighted by Crippen LogP contribution is -2.61. The normalized spacial score (nSPS) is 14.0. The zero-order chi connectivity index (χ0) is 69.9. The molecule has 0 spiro atoms. The first kappa shape index (κ1) is 82.2. The number of nitrogens with one attached hydrogen (secondary N) is 8. The van der Waals surface area contributed by atoms with E-state index in [4.69, 9.17) is 86.0 Å². The van der Waals surface area contributed by atoms with Crippen molar-refractivity contribution in [1.29, 1.82) is 0 Å². The van der Waals surface area contributed by atoms with E-state index in [0.717, 1.165) is 0 Å². The molecule has 0 fully saturated rings. The molecule has 0 unspecified atom stereocenters. The van der Waals surface area contributed by atoms with Gasteiger partial charge in [0, 0.05) is 45.7 Å². The summed E-state index contributed by atoms with van der Waals surface area (Å²) in [5.74, 6) is -11.8. The van der Waals surface area contributed by atoms with E-state index in [2.05, 4.69) is 72.5 Å². The number of hydrogen-bond acceptors (Lipinski definition) is 19. The topological polar surface area (TPSA) is 772 Å². The summed E-state index contributed by atoms with van der Waals surface area (Å²) in [5, 5.41) is 40.7. The highest BCUT2D eigenvalue weighted by atomic mass is 16.4. The number of aliphatic hydroxyl groups is 1. The Kier molecular flexibility index (Phi) is 41.4. The van der Waals surface area contributed by atoms with Crippen LogP contribution in [0.5, 0.6) is 0 Å². The summed E-state index contributed by atoms with van der Waals surface area (Å²) in [6.07, 6.45) is -2.35. The fourth-order valence-electron chi connectivity index (χ4n) is 8.38. The van der Waals surface area contributed by atoms with Crippen molar-refractivity contribution >= 4 is 94.9 Å². The van der Waals surface area contributed by atoms with Gasteiger partial charge in [0.2, 0.25) is 53.2 Å². The molecule has 10 atom stereocenters. The third kappa shape index (κ3) is 38.6. The van der Waals surface area contributed by atoms with Gasteiger partial charge < -0.3 is 139 Å². The van der Waals surface area contributed by atoms with Gasteiger partial charge in [0.15, 0.2) is 35.8 Å². The highest BCUT2D eigenvalue weighted by molar-refractivity contribution is 5.98. The number of unbranched alkanes of at least 4 members (excludes halogenated alkanes) is 1. The summed E-state index contributed by atoms with van der Waals surface area (Å²) in [6.45, 7) is 1.35. The van der Waals surface area contributed by atoms with E-state index in [1.165, 1.54) is 6.92 Å². The lowest BCUT2D eigenvalue weighted by molar-refractivity contribution is -0.142. The van der Waals surface area contributed by atoms with Gasteiger partial charge in [0.05, 0.1) is 12.1 Å². The van der Waals surface area contributed by atoms with Crippen molar-refractivity contribution in [2.45, 2.75) is 177 Å². The lowest BCUT2D eigenvalue weighted by Gasteiger charge is -2.28. The van der Waals surface area contributed by atoms with E-state index in [1.54, 1.807) is 0 Å². The molecule has 0 saturated carbocycles. The zero-order valence-electron chi connectivity index (χ0n) is 52.1. The van der Waals surface area contributed by atoms with Crippen LogP contribution in [0.3, 0.4) is 0 Å². The van der Waals surface area contributed by atoms with Crippen molar-refractivity contribution in [1.82, 2.24) is 42.5 Å². The minimum absolute atomic E-state index is 0.00104. The second kappa shape index (κ2) is 46.3. The minimum Gasteiger partial charge on any atom is -0.480 e. The summed E-state index contributed by atoms with van der Waals surface area (Å²) < 4.78 is 0. The molecule has 0 heterocycles. The minimum atomic E-state index is -1.70. The number of carbonyl (C=O) groups excluding carboxylic acids is 9. The van der Waals surface area contributed by atoms with Gasteiger partial charge >= 0.3 is 5.97 Å². The van der Waals surface area contributed by atoms with Crippen LogP contribution < -0.4 is 129 Å². The average Bonchev–Trinajstić information content (AvgIpc) is 0.977. The van der Waals surface area contributed by atoms with Gasteiger partial charge in [-0.1, -0.05) is 0 Å². The molecule has 0 aliphatic heterocycles. The first-order chi connectivity index (χ1) is 43.3. The van der Waals surface area contributed by atoms with Gasteiger partial charge in [0.25, 0.3) is 0 Å². The van der Waals surface area contributed by atoms with Gasteiger partial charge in [0.1, 0.15) is 48.3 Å². The molecule has 0 aliphatic rings. The van der Waals surface area contributed by atoms with Crippen LogP contribution in [-0.4, -0.2) is 211 Å². The Morgan fingerprint density at radius 2 is 0.587 bits per heavy atom. The Morgan fingerprint density at radius 1 is 0.337 bits per heavy atom. The van der Waals surface area contributed by atoms with Gasteiger partial charge in [-0.15, -0.1) is 0 Å². The Labute approximate surface area is 532 Å². The number of aliphatic hydroxyl groups excluding tert-OH is 1. The molecule has 41 nitrogen and oxygen atoms in total. The third-order valence-corrected chi connectivity index (χ3v) is 13.1. The number of nitrogens with two attached hydrogens (primary N) is 15. The Hall–Kier alpha value is -9.80. The van der Waals surface area contributed by atoms with Crippen molar-refractivity contribution in [3.8, 4) is 0 Å². The molecule has 522 valence electrons. The second-order valence-corrected chi connectivity index (χ2v) is 21.1. The number of carboxylic acids is 1. The van der Waals surface area contributed by atoms with Crippen molar-refractivity contribution < 1.29 is 58.2 Å². The van der Waals surface area contributed by atoms with E-state index in [9.17, 15) is 58.2 Å². The third-order valence-electron chi connectivity index (χ3n) is 13.1. The molecule has 41 heteroatoms. The number of rotatable bonds is 49. The maximum Gasteiger partial charge on any atom is 0.326 e. The second-order valence-electron chi connectivity index (χ2n) is 21.1. The number of nitrogens with zero attached hydrogens (tertiary/aromatic N) is 6. The number of carbonyl (C=O) groups is 10. The summed E-state index contributed by atoms with van der Waals surface area (Å²) in [7, 11) is 0. The fourth-order valence-corrected chi connectivity index (χ4v) is 8.38. The molecule has 0 aromatic carbocycles. The standard InChI is InChI=1S/C51H101N29O12/c1-26(81)36(80-37(83)27(53)10-4-20-67-46(55)56)44(90)78-28(11-2-3-19-52)38(84)73-29(12-5-21-68-47(57)58)39(85)74-31(14-7-23-70-49(61)62)41(87)77-33(17-18-35(54)82)43(89)76-30(13-6-22-69-48(59)60)40(86)75-32(15-8-24-71-50(63)64)42(88)79-34(45(91)92)16-9-25-72-51(65)66/h26-34,36,81H,2-25,52-53H2,1H3,(H2,54,82)(H,73,84)(H,74,85)(H,75,86)(H,76,89)(H,77,87)(H,78,90)(H,79,88)(H,80,83)(H,91,92)(H4,55,56,67)(H4,57,58,68)(H4,59,60,69)(H4,61,62,70)(H4,63,64,71)(H4,65,66,72)/t26-,27-,28+,29+,30+,31-,32+,33+,34-,36+/m1/s1. The number of aliphatic carboxylic acids is 1. The van der Waals surface area contributed by atoms with Crippen molar-refractivity contribution in [2.24, 2.45) is 116 Å². The number of guanidine groups is 6. The van der Waals surface area contributed by atoms with E-state index in [-0.39, 0.29) is 165 Å². The molecule has 40 N–H and O–H groups in total. The van der Waals surface area contributed by atoms with Crippen molar-refractivity contribution in [2.75, 3.05) is 45.8 Å². The number of carboxylic acid groups (broad SMARTS) is 1. The van der Waals surface area contributed by atoms with Crippen LogP contribution in [0.4, 0.5) is 0 Å². The maximum atomic E-state index is 14.6. The van der Waals surface area contributed by atoms with E-state index < -0.39 is 132 Å². The van der Waals surface area contributed by atoms with Crippen LogP contribution in [0.1, 0.15) is 116 Å². The largest absolute Gasteiger partial charge is 0.480 e. The van der Waals surface area contributed by atoms with Gasteiger partial charge in [-0.05, 0) is 116 Å². The Balaban J connectivity index is 7.40. The number of aliphatic imine (C=N–C) groups is 6. The Morgan fingerprint density at radius 3 is 0.848 bits per heavy atom. The quantitative estimate of drug-likeness (QED) is 0.0153. The van der Waals surface area contributed by atoms with Gasteiger partial charge in [-0.3, -0.25) is 73.1 Å². The monoisotopic (exact) mass is 1310 g/mol. The van der Waals surface area contributed by atoms with E-state index in [1.807, 2.05) is 0 Å². The smallest absolute Gasteiger partial charge is 0.326 e. The van der Waals surface area contributed by atoms with E-state index in [0.29, 0.717) is 12.8 Å². The van der Waals surface area contributed by atoms with Gasteiger partial charge in [-0.2, -0.15) is 0 Å². The zero-order valence-corrected chi connectivity index (χ0v) is 52.1. The highest BCUT2D eigenvalue weighted by Crippen LogP contribution is 2.12. The van der Waals surface area contributed by atoms with Crippen LogP contribution in [0, 0.1) is 0 Å². The molecule has 0 radical (unpaired) electrons. The molecular weight excluding hydrogens is 1210 g/mol. The first-order valence-corrected chi connectivity index (χ1v) is 29.7. The average molecular weight is 1310 g/mol. The molecule has 92 heavy (non-hydrogen) atoms. The van der Waals surface area contributed by atoms with Crippen LogP contribution >= 0.6 is 0 Å². The molecule has 0 aliphatic carbocycles. The molecule has 0 rings (SSSR count). The number of primary amides is 1. The number of amides is 9. The predicted molar refractivity (Wildman–Crippen MR) is 344 cm³/mol. The van der Waals surface area contributed by atoms with Crippen molar-refractivity contribution in [3.05, 3.63) is 0 Å². The first-order valence-electron chi connectivity index (χ1n) is 29.7. The van der Waals surface area contributed by atoms with E-state index >= 15 is 0 Å². The molecule has 0 saturated heterocycles. The molecule has 9 amide bonds. The SMILES string of the molecule is C[C@@H](O)[C@H](NC(=O)[C@H](N)CCCN=C(N)N)C(=O)N[C@@H](CCCCN)C(=O)N[C@@H](CCCN=C(N)N)C(=O)N[C@H](CCCN=C(N)N)C(=O)N[C@@H](CCC(N)=O)C(=O)N[C@@H](CCCN=C(N)N)C(=O)N[C@@H](CCCN=C(N)N)C(=O)N[C@H](CCCN=C(N)N)C(=O)O. The summed E-state index contributed by atoms with van der Waals surface area (Å²) in [6, 6.07) is -13.6. The fraction of sp³-hybridized carbons (Fsp3) is 0.686. The van der Waals surface area contributed by atoms with Crippen LogP contribution in [0.25, 0.3) is 0 Å².